The summed E-state index contributed by atoms with van der Waals surface area (Å²) in [5, 5.41) is 12.4. The molecule has 0 unspecified atom stereocenters. The van der Waals surface area contributed by atoms with E-state index in [0.29, 0.717) is 22.9 Å². The number of fused-ring (bicyclic) bond motifs is 1. The Labute approximate surface area is 236 Å². The molecule has 5 rings (SSSR count). The van der Waals surface area contributed by atoms with E-state index < -0.39 is 35.3 Å². The van der Waals surface area contributed by atoms with E-state index in [2.05, 4.69) is 11.4 Å². The quantitative estimate of drug-likeness (QED) is 0.341. The number of carbonyl (C=O) groups is 3. The smallest absolute Gasteiger partial charge is 0.325 e. The maximum Gasteiger partial charge on any atom is 0.416 e. The van der Waals surface area contributed by atoms with Crippen molar-refractivity contribution in [1.29, 1.82) is 5.26 Å². The Morgan fingerprint density at radius 3 is 2.65 bits per heavy atom. The third-order valence-corrected chi connectivity index (χ3v) is 9.06. The first kappa shape index (κ1) is 27.7. The molecule has 0 bridgehead atoms. The Morgan fingerprint density at radius 2 is 1.93 bits per heavy atom. The molecule has 206 valence electrons. The minimum atomic E-state index is -4.58. The fourth-order valence-corrected chi connectivity index (χ4v) is 7.24. The second-order valence-electron chi connectivity index (χ2n) is 9.56. The topological polar surface area (TPSA) is 95.2 Å². The van der Waals surface area contributed by atoms with Crippen molar-refractivity contribution in [3.8, 4) is 11.1 Å². The van der Waals surface area contributed by atoms with Gasteiger partial charge in [-0.05, 0) is 92.8 Å². The number of aromatic nitrogens is 1. The fourth-order valence-electron chi connectivity index (χ4n) is 4.97. The van der Waals surface area contributed by atoms with Crippen LogP contribution in [-0.4, -0.2) is 33.1 Å². The number of hydrogen-bond donors (Lipinski definition) is 1. The molecule has 7 nitrogen and oxygen atoms in total. The van der Waals surface area contributed by atoms with Gasteiger partial charge in [-0.25, -0.2) is 0 Å². The Morgan fingerprint density at radius 1 is 1.18 bits per heavy atom. The van der Waals surface area contributed by atoms with Gasteiger partial charge in [-0.1, -0.05) is 6.07 Å². The van der Waals surface area contributed by atoms with Crippen molar-refractivity contribution in [1.82, 2.24) is 9.47 Å². The number of nitriles is 1. The molecular formula is C28H23F3N4O3S2. The first-order valence-electron chi connectivity index (χ1n) is 12.4. The predicted octanol–water partition coefficient (Wildman–Crippen LogP) is 6.60. The number of amides is 3. The summed E-state index contributed by atoms with van der Waals surface area (Å²) in [6.45, 7) is 3.16. The van der Waals surface area contributed by atoms with E-state index in [9.17, 15) is 32.8 Å². The largest absolute Gasteiger partial charge is 0.416 e. The number of nitrogens with zero attached hydrogens (tertiary/aromatic N) is 3. The van der Waals surface area contributed by atoms with Crippen molar-refractivity contribution < 1.29 is 27.6 Å². The number of thioether (sulfide) groups is 1. The van der Waals surface area contributed by atoms with Crippen molar-refractivity contribution in [2.75, 3.05) is 11.9 Å². The Bertz CT molecular complexity index is 1630. The van der Waals surface area contributed by atoms with Gasteiger partial charge in [0.05, 0.1) is 16.0 Å². The second-order valence-corrected chi connectivity index (χ2v) is 11.6. The van der Waals surface area contributed by atoms with Crippen molar-refractivity contribution in [2.45, 2.75) is 45.7 Å². The maximum absolute atomic E-state index is 13.0. The van der Waals surface area contributed by atoms with Crippen molar-refractivity contribution in [2.24, 2.45) is 0 Å². The normalized spacial score (nSPS) is 16.4. The molecule has 12 heteroatoms. The zero-order chi connectivity index (χ0) is 28.8. The highest BCUT2D eigenvalue weighted by atomic mass is 32.2. The molecule has 1 aliphatic heterocycles. The fraction of sp³-hybridized carbons (Fsp3) is 0.286. The molecule has 3 amide bonds. The highest BCUT2D eigenvalue weighted by Gasteiger charge is 2.37. The summed E-state index contributed by atoms with van der Waals surface area (Å²) in [6, 6.07) is 8.36. The summed E-state index contributed by atoms with van der Waals surface area (Å²) in [5.41, 5.74) is 3.16. The second kappa shape index (κ2) is 10.6. The summed E-state index contributed by atoms with van der Waals surface area (Å²) in [6.07, 6.45) is 1.01. The molecule has 3 heterocycles. The van der Waals surface area contributed by atoms with Gasteiger partial charge in [0, 0.05) is 22.0 Å². The number of imide groups is 1. The number of carbonyl (C=O) groups excluding carboxylic acids is 3. The van der Waals surface area contributed by atoms with E-state index in [1.54, 1.807) is 17.4 Å². The minimum Gasteiger partial charge on any atom is -0.325 e. The number of anilines is 1. The van der Waals surface area contributed by atoms with Gasteiger partial charge in [0.25, 0.3) is 11.1 Å². The number of alkyl halides is 3. The van der Waals surface area contributed by atoms with Gasteiger partial charge < -0.3 is 9.88 Å². The number of rotatable bonds is 5. The van der Waals surface area contributed by atoms with Gasteiger partial charge in [-0.2, -0.15) is 18.4 Å². The summed E-state index contributed by atoms with van der Waals surface area (Å²) in [4.78, 5) is 40.2. The molecule has 1 saturated heterocycles. The molecule has 1 N–H and O–H groups in total. The molecule has 1 fully saturated rings. The van der Waals surface area contributed by atoms with Crippen molar-refractivity contribution >= 4 is 51.9 Å². The Balaban J connectivity index is 1.36. The van der Waals surface area contributed by atoms with E-state index in [0.717, 1.165) is 70.7 Å². The Kier molecular flexibility index (Phi) is 7.37. The average Bonchev–Trinajstić information content (AvgIpc) is 3.49. The molecular weight excluding hydrogens is 561 g/mol. The lowest BCUT2D eigenvalue weighted by Gasteiger charge is -2.13. The first-order chi connectivity index (χ1) is 19.0. The standard InChI is InChI=1S/C28H23F3N4O3S2/c1-15-10-17(16(2)35(15)26-21(13-32)20-8-3-4-9-22(20)39-26)11-23-25(37)34(27(38)40-23)14-24(36)33-19-7-5-6-18(12-19)28(29,30)31/h5-7,10-12H,3-4,8-9,14H2,1-2H3,(H,33,36)/b23-11-. The number of aryl methyl sites for hydroxylation is 2. The lowest BCUT2D eigenvalue weighted by molar-refractivity contribution is -0.137. The third-order valence-electron chi connectivity index (χ3n) is 6.87. The van der Waals surface area contributed by atoms with Gasteiger partial charge >= 0.3 is 6.18 Å². The van der Waals surface area contributed by atoms with Gasteiger partial charge in [0.15, 0.2) is 0 Å². The van der Waals surface area contributed by atoms with E-state index in [1.807, 2.05) is 24.5 Å². The van der Waals surface area contributed by atoms with Gasteiger partial charge in [0.1, 0.15) is 17.6 Å². The summed E-state index contributed by atoms with van der Waals surface area (Å²) in [5.74, 6) is -1.46. The molecule has 1 aliphatic carbocycles. The van der Waals surface area contributed by atoms with E-state index in [4.69, 9.17) is 0 Å². The number of hydrogen-bond acceptors (Lipinski definition) is 6. The van der Waals surface area contributed by atoms with Crippen LogP contribution in [0, 0.1) is 25.2 Å². The van der Waals surface area contributed by atoms with Gasteiger partial charge in [-0.15, -0.1) is 11.3 Å². The highest BCUT2D eigenvalue weighted by Crippen LogP contribution is 2.39. The van der Waals surface area contributed by atoms with Gasteiger partial charge in [-0.3, -0.25) is 19.3 Å². The van der Waals surface area contributed by atoms with Crippen LogP contribution in [0.25, 0.3) is 11.1 Å². The van der Waals surface area contributed by atoms with Crippen LogP contribution >= 0.6 is 23.1 Å². The monoisotopic (exact) mass is 584 g/mol. The number of benzene rings is 1. The third kappa shape index (κ3) is 5.19. The molecule has 0 atom stereocenters. The average molecular weight is 585 g/mol. The van der Waals surface area contributed by atoms with Crippen LogP contribution < -0.4 is 5.32 Å². The van der Waals surface area contributed by atoms with Crippen LogP contribution in [0.1, 0.15) is 51.4 Å². The Hall–Kier alpha value is -3.82. The molecule has 2 aliphatic rings. The molecule has 0 radical (unpaired) electrons. The van der Waals surface area contributed by atoms with Crippen LogP contribution in [-0.2, 0) is 28.6 Å². The minimum absolute atomic E-state index is 0.0956. The number of thiophene rings is 1. The molecule has 2 aromatic heterocycles. The zero-order valence-electron chi connectivity index (χ0n) is 21.5. The summed E-state index contributed by atoms with van der Waals surface area (Å²) in [7, 11) is 0. The number of nitrogens with one attached hydrogen (secondary N) is 1. The van der Waals surface area contributed by atoms with Crippen LogP contribution in [0.5, 0.6) is 0 Å². The zero-order valence-corrected chi connectivity index (χ0v) is 23.1. The number of halogens is 3. The molecule has 0 saturated carbocycles. The lowest BCUT2D eigenvalue weighted by atomic mass is 9.96. The first-order valence-corrected chi connectivity index (χ1v) is 14.1. The van der Waals surface area contributed by atoms with Gasteiger partial charge in [0.2, 0.25) is 5.91 Å². The van der Waals surface area contributed by atoms with E-state index >= 15 is 0 Å². The summed E-state index contributed by atoms with van der Waals surface area (Å²) >= 11 is 2.30. The van der Waals surface area contributed by atoms with Crippen LogP contribution in [0.15, 0.2) is 35.2 Å². The SMILES string of the molecule is Cc1cc(/C=C2\SC(=O)N(CC(=O)Nc3cccc(C(F)(F)F)c3)C2=O)c(C)n1-c1sc2c(c1C#N)CCCC2. The van der Waals surface area contributed by atoms with E-state index in [1.165, 1.54) is 10.9 Å². The van der Waals surface area contributed by atoms with Crippen LogP contribution in [0.3, 0.4) is 0 Å². The molecule has 40 heavy (non-hydrogen) atoms. The van der Waals surface area contributed by atoms with Crippen molar-refractivity contribution in [3.05, 3.63) is 73.8 Å². The van der Waals surface area contributed by atoms with Crippen LogP contribution in [0.2, 0.25) is 0 Å². The van der Waals surface area contributed by atoms with Crippen LogP contribution in [0.4, 0.5) is 23.7 Å². The molecule has 3 aromatic rings. The molecule has 0 spiro atoms. The highest BCUT2D eigenvalue weighted by molar-refractivity contribution is 8.18. The maximum atomic E-state index is 13.0. The molecule has 1 aromatic carbocycles. The summed E-state index contributed by atoms with van der Waals surface area (Å²) < 4.78 is 40.9. The van der Waals surface area contributed by atoms with E-state index in [-0.39, 0.29) is 10.6 Å². The van der Waals surface area contributed by atoms with Crippen molar-refractivity contribution in [3.63, 3.8) is 0 Å². The lowest BCUT2D eigenvalue weighted by Crippen LogP contribution is -2.36. The predicted molar refractivity (Wildman–Crippen MR) is 147 cm³/mol.